The molecule has 0 fully saturated rings. The van der Waals surface area contributed by atoms with Crippen molar-refractivity contribution in [3.05, 3.63) is 23.0 Å². The van der Waals surface area contributed by atoms with Crippen LogP contribution in [0.1, 0.15) is 43.7 Å². The molecule has 0 spiro atoms. The lowest BCUT2D eigenvalue weighted by atomic mass is 9.97. The lowest BCUT2D eigenvalue weighted by molar-refractivity contribution is 0.476. The highest BCUT2D eigenvalue weighted by Gasteiger charge is 2.18. The maximum absolute atomic E-state index is 4.50. The molecule has 2 aromatic rings. The highest BCUT2D eigenvalue weighted by atomic mass is 32.1. The Morgan fingerprint density at radius 3 is 2.83 bits per heavy atom. The first-order valence-electron chi connectivity index (χ1n) is 6.58. The van der Waals surface area contributed by atoms with E-state index in [0.717, 1.165) is 17.8 Å². The van der Waals surface area contributed by atoms with Gasteiger partial charge in [0.15, 0.2) is 0 Å². The second-order valence-electron chi connectivity index (χ2n) is 4.87. The minimum atomic E-state index is 0.399. The number of aryl methyl sites for hydroxylation is 1. The van der Waals surface area contributed by atoms with Gasteiger partial charge in [-0.1, -0.05) is 13.8 Å². The molecule has 0 aliphatic carbocycles. The van der Waals surface area contributed by atoms with E-state index >= 15 is 0 Å². The molecule has 0 aliphatic rings. The number of hydrogen-bond acceptors (Lipinski definition) is 4. The molecular weight excluding hydrogens is 242 g/mol. The van der Waals surface area contributed by atoms with Gasteiger partial charge in [-0.05, 0) is 32.9 Å². The van der Waals surface area contributed by atoms with Gasteiger partial charge in [0.2, 0.25) is 0 Å². The fourth-order valence-corrected chi connectivity index (χ4v) is 3.00. The topological polar surface area (TPSA) is 37.8 Å². The fraction of sp³-hybridized carbons (Fsp3) is 0.571. The summed E-state index contributed by atoms with van der Waals surface area (Å²) in [5.41, 5.74) is 1.17. The number of hydrogen-bond donors (Lipinski definition) is 1. The minimum Gasteiger partial charge on any atom is -0.314 e. The van der Waals surface area contributed by atoms with Gasteiger partial charge in [0, 0.05) is 22.2 Å². The quantitative estimate of drug-likeness (QED) is 0.897. The molecular formula is C14H21N3S. The molecule has 2 rings (SSSR count). The Morgan fingerprint density at radius 2 is 2.11 bits per heavy atom. The Kier molecular flexibility index (Phi) is 4.30. The molecule has 2 heterocycles. The first kappa shape index (κ1) is 13.4. The smallest absolute Gasteiger partial charge is 0.127 e. The van der Waals surface area contributed by atoms with E-state index in [4.69, 9.17) is 0 Å². The summed E-state index contributed by atoms with van der Waals surface area (Å²) in [5.74, 6) is 0.399. The van der Waals surface area contributed by atoms with E-state index in [2.05, 4.69) is 49.0 Å². The zero-order chi connectivity index (χ0) is 13.1. The van der Waals surface area contributed by atoms with E-state index < -0.39 is 0 Å². The number of nitrogens with one attached hydrogen (secondary N) is 1. The van der Waals surface area contributed by atoms with Crippen molar-refractivity contribution in [3.63, 3.8) is 0 Å². The van der Waals surface area contributed by atoms with Crippen LogP contribution in [0.3, 0.4) is 0 Å². The monoisotopic (exact) mass is 263 g/mol. The fourth-order valence-electron chi connectivity index (χ4n) is 2.14. The van der Waals surface area contributed by atoms with Crippen molar-refractivity contribution in [1.29, 1.82) is 0 Å². The Hall–Kier alpha value is -1.00. The van der Waals surface area contributed by atoms with Gasteiger partial charge in [-0.3, -0.25) is 0 Å². The molecule has 0 radical (unpaired) electrons. The molecule has 1 N–H and O–H groups in total. The predicted octanol–water partition coefficient (Wildman–Crippen LogP) is 3.49. The first-order valence-corrected chi connectivity index (χ1v) is 7.39. The molecule has 2 aromatic heterocycles. The summed E-state index contributed by atoms with van der Waals surface area (Å²) in [7, 11) is 0. The van der Waals surface area contributed by atoms with Crippen LogP contribution in [0.5, 0.6) is 0 Å². The maximum Gasteiger partial charge on any atom is 0.127 e. The van der Waals surface area contributed by atoms with Crippen LogP contribution < -0.4 is 5.32 Å². The van der Waals surface area contributed by atoms with E-state index in [1.807, 2.05) is 0 Å². The van der Waals surface area contributed by atoms with Gasteiger partial charge in [-0.25, -0.2) is 9.97 Å². The van der Waals surface area contributed by atoms with E-state index in [0.29, 0.717) is 12.0 Å². The molecule has 2 atom stereocenters. The van der Waals surface area contributed by atoms with E-state index in [9.17, 15) is 0 Å². The minimum absolute atomic E-state index is 0.399. The van der Waals surface area contributed by atoms with Gasteiger partial charge in [-0.2, -0.15) is 0 Å². The Labute approximate surface area is 113 Å². The van der Waals surface area contributed by atoms with Gasteiger partial charge < -0.3 is 5.32 Å². The van der Waals surface area contributed by atoms with Crippen molar-refractivity contribution in [2.45, 2.75) is 46.1 Å². The lowest BCUT2D eigenvalue weighted by Crippen LogP contribution is -2.31. The number of thiophene rings is 1. The van der Waals surface area contributed by atoms with E-state index in [1.54, 1.807) is 17.7 Å². The molecule has 0 bridgehead atoms. The van der Waals surface area contributed by atoms with Crippen LogP contribution in [0.15, 0.2) is 12.4 Å². The third-order valence-corrected chi connectivity index (χ3v) is 4.34. The van der Waals surface area contributed by atoms with Gasteiger partial charge >= 0.3 is 0 Å². The van der Waals surface area contributed by atoms with Crippen LogP contribution in [0.2, 0.25) is 0 Å². The van der Waals surface area contributed by atoms with Crippen molar-refractivity contribution in [3.8, 4) is 0 Å². The summed E-state index contributed by atoms with van der Waals surface area (Å²) in [6, 6.07) is 2.64. The zero-order valence-corrected chi connectivity index (χ0v) is 12.3. The van der Waals surface area contributed by atoms with Crippen LogP contribution in [0.4, 0.5) is 0 Å². The van der Waals surface area contributed by atoms with Crippen molar-refractivity contribution >= 4 is 21.6 Å². The van der Waals surface area contributed by atoms with Crippen LogP contribution in [-0.4, -0.2) is 22.6 Å². The Bertz CT molecular complexity index is 521. The highest BCUT2D eigenvalue weighted by molar-refractivity contribution is 7.18. The normalized spacial score (nSPS) is 14.9. The predicted molar refractivity (Wildman–Crippen MR) is 78.3 cm³/mol. The zero-order valence-electron chi connectivity index (χ0n) is 11.5. The van der Waals surface area contributed by atoms with Gasteiger partial charge in [0.1, 0.15) is 11.2 Å². The third kappa shape index (κ3) is 2.70. The van der Waals surface area contributed by atoms with Crippen molar-refractivity contribution in [1.82, 2.24) is 15.3 Å². The van der Waals surface area contributed by atoms with Crippen LogP contribution in [0, 0.1) is 6.92 Å². The summed E-state index contributed by atoms with van der Waals surface area (Å²) in [6.45, 7) is 9.84. The maximum atomic E-state index is 4.50. The molecule has 2 unspecified atom stereocenters. The second-order valence-corrected chi connectivity index (χ2v) is 6.10. The lowest BCUT2D eigenvalue weighted by Gasteiger charge is -2.21. The molecule has 0 aliphatic heterocycles. The molecule has 0 saturated heterocycles. The number of rotatable bonds is 5. The second kappa shape index (κ2) is 5.76. The average Bonchev–Trinajstić information content (AvgIpc) is 2.74. The molecule has 3 nitrogen and oxygen atoms in total. The van der Waals surface area contributed by atoms with Crippen LogP contribution in [-0.2, 0) is 0 Å². The highest BCUT2D eigenvalue weighted by Crippen LogP contribution is 2.29. The number of fused-ring (bicyclic) bond motifs is 1. The Morgan fingerprint density at radius 1 is 1.33 bits per heavy atom. The van der Waals surface area contributed by atoms with Crippen molar-refractivity contribution in [2.24, 2.45) is 0 Å². The van der Waals surface area contributed by atoms with Crippen molar-refractivity contribution in [2.75, 3.05) is 6.54 Å². The summed E-state index contributed by atoms with van der Waals surface area (Å²) in [6.07, 6.45) is 2.85. The van der Waals surface area contributed by atoms with Gasteiger partial charge in [0.25, 0.3) is 0 Å². The van der Waals surface area contributed by atoms with Crippen LogP contribution in [0.25, 0.3) is 10.2 Å². The SMILES string of the molecule is CCCNC(C)C(C)c1ncnc2sc(C)cc12. The van der Waals surface area contributed by atoms with Crippen molar-refractivity contribution < 1.29 is 0 Å². The standard InChI is InChI=1S/C14H21N3S/c1-5-6-15-11(4)10(3)13-12-7-9(2)18-14(12)17-8-16-13/h7-8,10-11,15H,5-6H2,1-4H3. The van der Waals surface area contributed by atoms with E-state index in [-0.39, 0.29) is 0 Å². The summed E-state index contributed by atoms with van der Waals surface area (Å²) in [4.78, 5) is 11.3. The molecule has 4 heteroatoms. The summed E-state index contributed by atoms with van der Waals surface area (Å²) in [5, 5.41) is 4.77. The number of nitrogens with zero attached hydrogens (tertiary/aromatic N) is 2. The summed E-state index contributed by atoms with van der Waals surface area (Å²) < 4.78 is 0. The number of aromatic nitrogens is 2. The third-order valence-electron chi connectivity index (χ3n) is 3.38. The molecule has 0 amide bonds. The molecule has 0 aromatic carbocycles. The average molecular weight is 263 g/mol. The van der Waals surface area contributed by atoms with E-state index in [1.165, 1.54) is 16.0 Å². The van der Waals surface area contributed by atoms with Crippen LogP contribution >= 0.6 is 11.3 Å². The Balaban J connectivity index is 2.29. The molecule has 98 valence electrons. The first-order chi connectivity index (χ1) is 8.63. The summed E-state index contributed by atoms with van der Waals surface area (Å²) >= 11 is 1.74. The molecule has 0 saturated carbocycles. The molecule has 18 heavy (non-hydrogen) atoms. The van der Waals surface area contributed by atoms with Gasteiger partial charge in [-0.15, -0.1) is 11.3 Å². The largest absolute Gasteiger partial charge is 0.314 e. The van der Waals surface area contributed by atoms with Gasteiger partial charge in [0.05, 0.1) is 5.69 Å².